The zero-order valence-corrected chi connectivity index (χ0v) is 12.3. The molecule has 106 valence electrons. The number of aromatic nitrogens is 1. The summed E-state index contributed by atoms with van der Waals surface area (Å²) in [6.07, 6.45) is 5.38. The average Bonchev–Trinajstić information content (AvgIpc) is 2.46. The van der Waals surface area contributed by atoms with Gasteiger partial charge in [-0.3, -0.25) is 4.98 Å². The van der Waals surface area contributed by atoms with Crippen molar-refractivity contribution in [1.29, 1.82) is 0 Å². The Hall–Kier alpha value is -1.46. The minimum atomic E-state index is -3.42. The molecule has 0 N–H and O–H groups in total. The van der Waals surface area contributed by atoms with Gasteiger partial charge in [0.25, 0.3) is 0 Å². The minimum Gasteiger partial charge on any atom is -0.264 e. The van der Waals surface area contributed by atoms with Crippen molar-refractivity contribution in [3.63, 3.8) is 0 Å². The Morgan fingerprint density at radius 3 is 2.95 bits per heavy atom. The molecule has 1 unspecified atom stereocenters. The molecule has 2 heterocycles. The highest BCUT2D eigenvalue weighted by Crippen LogP contribution is 2.28. The van der Waals surface area contributed by atoms with Crippen LogP contribution in [0.2, 0.25) is 0 Å². The standard InChI is InChI=1S/C15H18N2O2S/c1-12-4-3-9-17(11-12)20(18,19)15-6-2-5-13-10-16-8-7-14(13)15/h2,5-8,10,12H,3-4,9,11H2,1H3. The molecule has 1 aromatic heterocycles. The molecule has 0 amide bonds. The van der Waals surface area contributed by atoms with Gasteiger partial charge >= 0.3 is 0 Å². The summed E-state index contributed by atoms with van der Waals surface area (Å²) >= 11 is 0. The van der Waals surface area contributed by atoms with Gasteiger partial charge in [-0.2, -0.15) is 4.31 Å². The lowest BCUT2D eigenvalue weighted by atomic mass is 10.0. The minimum absolute atomic E-state index is 0.395. The number of hydrogen-bond acceptors (Lipinski definition) is 3. The van der Waals surface area contributed by atoms with Gasteiger partial charge in [-0.1, -0.05) is 19.1 Å². The molecule has 0 spiro atoms. The highest BCUT2D eigenvalue weighted by molar-refractivity contribution is 7.89. The van der Waals surface area contributed by atoms with Crippen LogP contribution in [-0.2, 0) is 10.0 Å². The van der Waals surface area contributed by atoms with E-state index in [2.05, 4.69) is 11.9 Å². The molecule has 0 saturated carbocycles. The SMILES string of the molecule is CC1CCCN(S(=O)(=O)c2cccc3cnccc23)C1. The normalized spacial score (nSPS) is 21.1. The Labute approximate surface area is 119 Å². The number of benzene rings is 1. The third-order valence-corrected chi connectivity index (χ3v) is 5.80. The quantitative estimate of drug-likeness (QED) is 0.854. The van der Waals surface area contributed by atoms with Gasteiger partial charge in [0.05, 0.1) is 4.90 Å². The first-order chi connectivity index (χ1) is 9.59. The molecule has 1 atom stereocenters. The number of pyridine rings is 1. The van der Waals surface area contributed by atoms with Crippen molar-refractivity contribution in [1.82, 2.24) is 9.29 Å². The van der Waals surface area contributed by atoms with E-state index in [1.807, 2.05) is 6.07 Å². The number of rotatable bonds is 2. The van der Waals surface area contributed by atoms with Crippen LogP contribution in [0.3, 0.4) is 0 Å². The van der Waals surface area contributed by atoms with E-state index >= 15 is 0 Å². The second-order valence-electron chi connectivity index (χ2n) is 5.46. The van der Waals surface area contributed by atoms with Crippen molar-refractivity contribution < 1.29 is 8.42 Å². The maximum Gasteiger partial charge on any atom is 0.243 e. The van der Waals surface area contributed by atoms with Gasteiger partial charge in [0.2, 0.25) is 10.0 Å². The first kappa shape index (κ1) is 13.5. The lowest BCUT2D eigenvalue weighted by molar-refractivity contribution is 0.281. The molecule has 5 heteroatoms. The first-order valence-electron chi connectivity index (χ1n) is 6.92. The van der Waals surface area contributed by atoms with E-state index in [-0.39, 0.29) is 0 Å². The number of nitrogens with zero attached hydrogens (tertiary/aromatic N) is 2. The summed E-state index contributed by atoms with van der Waals surface area (Å²) in [6.45, 7) is 3.34. The van der Waals surface area contributed by atoms with Crippen LogP contribution in [0.4, 0.5) is 0 Å². The van der Waals surface area contributed by atoms with E-state index in [0.717, 1.165) is 23.6 Å². The van der Waals surface area contributed by atoms with Crippen LogP contribution in [0, 0.1) is 5.92 Å². The molecule has 1 aliphatic rings. The van der Waals surface area contributed by atoms with Crippen molar-refractivity contribution in [2.45, 2.75) is 24.7 Å². The van der Waals surface area contributed by atoms with Gasteiger partial charge in [-0.05, 0) is 30.9 Å². The molecule has 20 heavy (non-hydrogen) atoms. The molecule has 3 rings (SSSR count). The predicted molar refractivity (Wildman–Crippen MR) is 78.9 cm³/mol. The Morgan fingerprint density at radius 1 is 1.30 bits per heavy atom. The molecule has 0 aliphatic carbocycles. The van der Waals surface area contributed by atoms with E-state index < -0.39 is 10.0 Å². The van der Waals surface area contributed by atoms with E-state index in [4.69, 9.17) is 0 Å². The maximum absolute atomic E-state index is 12.9. The monoisotopic (exact) mass is 290 g/mol. The van der Waals surface area contributed by atoms with Crippen LogP contribution in [0.1, 0.15) is 19.8 Å². The molecular formula is C15H18N2O2S. The summed E-state index contributed by atoms with van der Waals surface area (Å²) in [5.41, 5.74) is 0. The number of hydrogen-bond donors (Lipinski definition) is 0. The topological polar surface area (TPSA) is 50.3 Å². The molecule has 1 aromatic carbocycles. The van der Waals surface area contributed by atoms with Gasteiger partial charge in [0.1, 0.15) is 0 Å². The highest BCUT2D eigenvalue weighted by Gasteiger charge is 2.29. The van der Waals surface area contributed by atoms with Crippen LogP contribution < -0.4 is 0 Å². The van der Waals surface area contributed by atoms with Crippen LogP contribution in [0.25, 0.3) is 10.8 Å². The van der Waals surface area contributed by atoms with E-state index in [1.165, 1.54) is 0 Å². The smallest absolute Gasteiger partial charge is 0.243 e. The molecular weight excluding hydrogens is 272 g/mol. The van der Waals surface area contributed by atoms with Crippen LogP contribution >= 0.6 is 0 Å². The molecule has 1 saturated heterocycles. The molecule has 4 nitrogen and oxygen atoms in total. The van der Waals surface area contributed by atoms with Crippen LogP contribution in [0.5, 0.6) is 0 Å². The summed E-state index contributed by atoms with van der Waals surface area (Å²) in [7, 11) is -3.42. The second-order valence-corrected chi connectivity index (χ2v) is 7.37. The first-order valence-corrected chi connectivity index (χ1v) is 8.36. The van der Waals surface area contributed by atoms with Crippen molar-refractivity contribution in [2.24, 2.45) is 5.92 Å². The van der Waals surface area contributed by atoms with Crippen LogP contribution in [-0.4, -0.2) is 30.8 Å². The molecule has 0 bridgehead atoms. The zero-order valence-electron chi connectivity index (χ0n) is 11.5. The third-order valence-electron chi connectivity index (χ3n) is 3.88. The maximum atomic E-state index is 12.9. The van der Waals surface area contributed by atoms with Crippen LogP contribution in [0.15, 0.2) is 41.6 Å². The average molecular weight is 290 g/mol. The van der Waals surface area contributed by atoms with Crippen molar-refractivity contribution >= 4 is 20.8 Å². The molecule has 2 aromatic rings. The summed E-state index contributed by atoms with van der Waals surface area (Å²) in [5, 5.41) is 1.61. The van der Waals surface area contributed by atoms with E-state index in [1.54, 1.807) is 34.9 Å². The van der Waals surface area contributed by atoms with Crippen molar-refractivity contribution in [2.75, 3.05) is 13.1 Å². The Kier molecular flexibility index (Phi) is 3.48. The molecule has 0 radical (unpaired) electrons. The second kappa shape index (κ2) is 5.14. The Bertz CT molecular complexity index is 722. The predicted octanol–water partition coefficient (Wildman–Crippen LogP) is 2.66. The van der Waals surface area contributed by atoms with Gasteiger partial charge in [-0.25, -0.2) is 8.42 Å². The van der Waals surface area contributed by atoms with E-state index in [0.29, 0.717) is 23.9 Å². The molecule has 1 fully saturated rings. The fraction of sp³-hybridized carbons (Fsp3) is 0.400. The summed E-state index contributed by atoms with van der Waals surface area (Å²) in [6, 6.07) is 7.14. The fourth-order valence-corrected chi connectivity index (χ4v) is 4.63. The summed E-state index contributed by atoms with van der Waals surface area (Å²) < 4.78 is 27.3. The number of piperidine rings is 1. The molecule has 1 aliphatic heterocycles. The Morgan fingerprint density at radius 2 is 2.15 bits per heavy atom. The van der Waals surface area contributed by atoms with Gasteiger partial charge in [-0.15, -0.1) is 0 Å². The fourth-order valence-electron chi connectivity index (χ4n) is 2.82. The Balaban J connectivity index is 2.09. The zero-order chi connectivity index (χ0) is 14.2. The lowest BCUT2D eigenvalue weighted by Gasteiger charge is -2.30. The highest BCUT2D eigenvalue weighted by atomic mass is 32.2. The van der Waals surface area contributed by atoms with Crippen molar-refractivity contribution in [3.05, 3.63) is 36.7 Å². The van der Waals surface area contributed by atoms with E-state index in [9.17, 15) is 8.42 Å². The van der Waals surface area contributed by atoms with Gasteiger partial charge in [0.15, 0.2) is 0 Å². The summed E-state index contributed by atoms with van der Waals surface area (Å²) in [5.74, 6) is 0.426. The van der Waals surface area contributed by atoms with Crippen molar-refractivity contribution in [3.8, 4) is 0 Å². The van der Waals surface area contributed by atoms with Gasteiger partial charge < -0.3 is 0 Å². The number of fused-ring (bicyclic) bond motifs is 1. The van der Waals surface area contributed by atoms with Gasteiger partial charge in [0, 0.05) is 36.3 Å². The third kappa shape index (κ3) is 2.31. The number of sulfonamides is 1. The summed E-state index contributed by atoms with van der Waals surface area (Å²) in [4.78, 5) is 4.45. The largest absolute Gasteiger partial charge is 0.264 e. The lowest BCUT2D eigenvalue weighted by Crippen LogP contribution is -2.39.